The van der Waals surface area contributed by atoms with Crippen molar-refractivity contribution < 1.29 is 9.72 Å². The summed E-state index contributed by atoms with van der Waals surface area (Å²) in [6.45, 7) is 0. The van der Waals surface area contributed by atoms with Gasteiger partial charge in [-0.2, -0.15) is 5.10 Å². The van der Waals surface area contributed by atoms with Crippen molar-refractivity contribution in [3.05, 3.63) is 68.7 Å². The van der Waals surface area contributed by atoms with Gasteiger partial charge in [0.1, 0.15) is 0 Å². The minimum atomic E-state index is -0.487. The van der Waals surface area contributed by atoms with E-state index in [-0.39, 0.29) is 18.0 Å². The van der Waals surface area contributed by atoms with E-state index < -0.39 is 4.92 Å². The Morgan fingerprint density at radius 2 is 2.17 bits per heavy atom. The van der Waals surface area contributed by atoms with Crippen LogP contribution in [0.5, 0.6) is 0 Å². The number of hydrazone groups is 1. The van der Waals surface area contributed by atoms with Crippen molar-refractivity contribution in [2.75, 3.05) is 6.26 Å². The summed E-state index contributed by atoms with van der Waals surface area (Å²) >= 11 is 7.49. The maximum atomic E-state index is 12.0. The van der Waals surface area contributed by atoms with Crippen molar-refractivity contribution in [1.29, 1.82) is 0 Å². The normalized spacial score (nSPS) is 10.8. The maximum Gasteiger partial charge on any atom is 0.270 e. The molecule has 1 N–H and O–H groups in total. The molecule has 0 saturated carbocycles. The number of nitro groups is 1. The Balaban J connectivity index is 1.99. The third kappa shape index (κ3) is 5.07. The van der Waals surface area contributed by atoms with Gasteiger partial charge in [0.2, 0.25) is 5.91 Å². The van der Waals surface area contributed by atoms with Crippen LogP contribution in [0.4, 0.5) is 5.69 Å². The Morgan fingerprint density at radius 1 is 1.38 bits per heavy atom. The van der Waals surface area contributed by atoms with Crippen LogP contribution in [0.3, 0.4) is 0 Å². The molecule has 0 fully saturated rings. The first-order valence-corrected chi connectivity index (χ1v) is 8.48. The molecule has 0 aliphatic carbocycles. The smallest absolute Gasteiger partial charge is 0.270 e. The molecule has 0 saturated heterocycles. The van der Waals surface area contributed by atoms with E-state index >= 15 is 0 Å². The van der Waals surface area contributed by atoms with Crippen molar-refractivity contribution in [2.24, 2.45) is 5.10 Å². The molecule has 0 heterocycles. The number of rotatable bonds is 6. The average molecular weight is 364 g/mol. The van der Waals surface area contributed by atoms with Crippen LogP contribution in [0.1, 0.15) is 11.1 Å². The van der Waals surface area contributed by atoms with Crippen molar-refractivity contribution in [3.8, 4) is 0 Å². The number of non-ortho nitro benzene ring substituents is 1. The number of nitrogens with zero attached hydrogens (tertiary/aromatic N) is 2. The van der Waals surface area contributed by atoms with Crippen LogP contribution in [-0.4, -0.2) is 23.3 Å². The van der Waals surface area contributed by atoms with Crippen molar-refractivity contribution >= 4 is 41.2 Å². The highest BCUT2D eigenvalue weighted by Crippen LogP contribution is 2.24. The second-order valence-electron chi connectivity index (χ2n) is 4.78. The fraction of sp³-hybridized carbons (Fsp3) is 0.125. The number of amides is 1. The topological polar surface area (TPSA) is 84.6 Å². The number of thioether (sulfide) groups is 1. The molecule has 0 aliphatic rings. The van der Waals surface area contributed by atoms with E-state index in [9.17, 15) is 14.9 Å². The summed E-state index contributed by atoms with van der Waals surface area (Å²) in [7, 11) is 0. The van der Waals surface area contributed by atoms with Gasteiger partial charge < -0.3 is 0 Å². The van der Waals surface area contributed by atoms with Gasteiger partial charge in [0, 0.05) is 27.6 Å². The number of hydrogen-bond acceptors (Lipinski definition) is 5. The largest absolute Gasteiger partial charge is 0.273 e. The average Bonchev–Trinajstić information content (AvgIpc) is 2.55. The first-order valence-electron chi connectivity index (χ1n) is 6.88. The van der Waals surface area contributed by atoms with Crippen molar-refractivity contribution in [3.63, 3.8) is 0 Å². The second-order valence-corrected chi connectivity index (χ2v) is 6.06. The number of nitrogens with one attached hydrogen (secondary N) is 1. The number of halogens is 1. The molecule has 124 valence electrons. The minimum absolute atomic E-state index is 0.0335. The third-order valence-electron chi connectivity index (χ3n) is 3.08. The molecule has 0 spiro atoms. The van der Waals surface area contributed by atoms with Crippen LogP contribution < -0.4 is 5.43 Å². The van der Waals surface area contributed by atoms with Crippen LogP contribution in [0.15, 0.2) is 52.5 Å². The molecular weight excluding hydrogens is 350 g/mol. The lowest BCUT2D eigenvalue weighted by molar-refractivity contribution is -0.384. The summed E-state index contributed by atoms with van der Waals surface area (Å²) in [6.07, 6.45) is 3.42. The number of benzene rings is 2. The number of nitro benzene ring substituents is 1. The highest BCUT2D eigenvalue weighted by molar-refractivity contribution is 7.98. The highest BCUT2D eigenvalue weighted by atomic mass is 35.5. The van der Waals surface area contributed by atoms with Crippen LogP contribution in [0.25, 0.3) is 0 Å². The third-order valence-corrected chi connectivity index (χ3v) is 4.15. The van der Waals surface area contributed by atoms with Gasteiger partial charge >= 0.3 is 0 Å². The summed E-state index contributed by atoms with van der Waals surface area (Å²) in [4.78, 5) is 23.2. The van der Waals surface area contributed by atoms with E-state index in [1.807, 2.05) is 12.3 Å². The molecule has 2 rings (SSSR count). The molecule has 6 nitrogen and oxygen atoms in total. The summed E-state index contributed by atoms with van der Waals surface area (Å²) in [5.41, 5.74) is 3.72. The molecule has 2 aromatic rings. The fourth-order valence-corrected chi connectivity index (χ4v) is 2.79. The lowest BCUT2D eigenvalue weighted by atomic mass is 10.1. The molecule has 0 aliphatic heterocycles. The predicted octanol–water partition coefficient (Wildman–Crippen LogP) is 3.66. The van der Waals surface area contributed by atoms with E-state index in [4.69, 9.17) is 11.6 Å². The molecule has 0 radical (unpaired) electrons. The predicted molar refractivity (Wildman–Crippen MR) is 95.8 cm³/mol. The Bertz CT molecular complexity index is 796. The van der Waals surface area contributed by atoms with Crippen LogP contribution >= 0.6 is 23.4 Å². The molecule has 0 unspecified atom stereocenters. The Labute approximate surface area is 148 Å². The molecule has 2 aromatic carbocycles. The molecule has 24 heavy (non-hydrogen) atoms. The molecular formula is C16H14ClN3O3S. The second kappa shape index (κ2) is 8.47. The van der Waals surface area contributed by atoms with E-state index in [0.29, 0.717) is 10.6 Å². The van der Waals surface area contributed by atoms with Gasteiger partial charge in [-0.25, -0.2) is 5.43 Å². The van der Waals surface area contributed by atoms with Gasteiger partial charge in [0.15, 0.2) is 0 Å². The fourth-order valence-electron chi connectivity index (χ4n) is 2.00. The van der Waals surface area contributed by atoms with Crippen LogP contribution in [0, 0.1) is 10.1 Å². The summed E-state index contributed by atoms with van der Waals surface area (Å²) in [5, 5.41) is 15.1. The number of carbonyl (C=O) groups excluding carboxylic acids is 1. The molecule has 0 atom stereocenters. The zero-order chi connectivity index (χ0) is 17.5. The maximum absolute atomic E-state index is 12.0. The van der Waals surface area contributed by atoms with E-state index in [1.54, 1.807) is 24.3 Å². The quantitative estimate of drug-likeness (QED) is 0.367. The molecule has 8 heteroatoms. The van der Waals surface area contributed by atoms with Gasteiger partial charge in [-0.05, 0) is 30.0 Å². The zero-order valence-electron chi connectivity index (χ0n) is 12.7. The summed E-state index contributed by atoms with van der Waals surface area (Å²) < 4.78 is 0. The standard InChI is InChI=1S/C16H14ClN3O3S/c1-24-15-6-5-13(17)8-12(15)9-16(21)19-18-10-11-3-2-4-14(7-11)20(22)23/h2-8,10H,9H2,1H3,(H,19,21)/b18-10-. The molecule has 0 bridgehead atoms. The van der Waals surface area contributed by atoms with E-state index in [0.717, 1.165) is 10.5 Å². The first kappa shape index (κ1) is 18.0. The van der Waals surface area contributed by atoms with E-state index in [1.165, 1.54) is 30.1 Å². The van der Waals surface area contributed by atoms with E-state index in [2.05, 4.69) is 10.5 Å². The Morgan fingerprint density at radius 3 is 2.88 bits per heavy atom. The van der Waals surface area contributed by atoms with Gasteiger partial charge in [0.05, 0.1) is 17.6 Å². The Kier molecular flexibility index (Phi) is 6.34. The first-order chi connectivity index (χ1) is 11.5. The van der Waals surface area contributed by atoms with Crippen molar-refractivity contribution in [2.45, 2.75) is 11.3 Å². The number of carbonyl (C=O) groups is 1. The monoisotopic (exact) mass is 363 g/mol. The van der Waals surface area contributed by atoms with Gasteiger partial charge in [-0.15, -0.1) is 11.8 Å². The number of hydrogen-bond donors (Lipinski definition) is 1. The van der Waals surface area contributed by atoms with Gasteiger partial charge in [-0.3, -0.25) is 14.9 Å². The lowest BCUT2D eigenvalue weighted by Crippen LogP contribution is -2.20. The van der Waals surface area contributed by atoms with Gasteiger partial charge in [-0.1, -0.05) is 23.7 Å². The zero-order valence-corrected chi connectivity index (χ0v) is 14.3. The highest BCUT2D eigenvalue weighted by Gasteiger charge is 2.08. The molecule has 0 aromatic heterocycles. The molecule has 1 amide bonds. The lowest BCUT2D eigenvalue weighted by Gasteiger charge is -2.06. The van der Waals surface area contributed by atoms with Crippen molar-refractivity contribution in [1.82, 2.24) is 5.43 Å². The SMILES string of the molecule is CSc1ccc(Cl)cc1CC(=O)N/N=C\c1cccc([N+](=O)[O-])c1. The van der Waals surface area contributed by atoms with Crippen LogP contribution in [0.2, 0.25) is 5.02 Å². The van der Waals surface area contributed by atoms with Crippen LogP contribution in [-0.2, 0) is 11.2 Å². The summed E-state index contributed by atoms with van der Waals surface area (Å²) in [6, 6.07) is 11.4. The van der Waals surface area contributed by atoms with Gasteiger partial charge in [0.25, 0.3) is 5.69 Å². The Hall–Kier alpha value is -2.38. The minimum Gasteiger partial charge on any atom is -0.273 e. The summed E-state index contributed by atoms with van der Waals surface area (Å²) in [5.74, 6) is -0.297.